The van der Waals surface area contributed by atoms with Gasteiger partial charge < -0.3 is 20.6 Å². The standard InChI is InChI=1S/C10H23N3O2/c1-12(2)6-4-7-13(3)8-5-9(11)10(14)15/h9H,4-8,11H2,1-3H3,(H,14,15). The third kappa shape index (κ3) is 8.35. The number of carboxylic acids is 1. The van der Waals surface area contributed by atoms with E-state index >= 15 is 0 Å². The maximum Gasteiger partial charge on any atom is 0.320 e. The first-order valence-corrected chi connectivity index (χ1v) is 5.25. The van der Waals surface area contributed by atoms with E-state index in [1.54, 1.807) is 0 Å². The number of hydrogen-bond donors (Lipinski definition) is 2. The lowest BCUT2D eigenvalue weighted by atomic mass is 10.2. The summed E-state index contributed by atoms with van der Waals surface area (Å²) in [5.74, 6) is -0.920. The van der Waals surface area contributed by atoms with Crippen LogP contribution in [0.5, 0.6) is 0 Å². The lowest BCUT2D eigenvalue weighted by Gasteiger charge is -2.18. The summed E-state index contributed by atoms with van der Waals surface area (Å²) < 4.78 is 0. The van der Waals surface area contributed by atoms with Crippen molar-refractivity contribution in [2.24, 2.45) is 5.73 Å². The number of aliphatic carboxylic acids is 1. The Morgan fingerprint density at radius 1 is 1.27 bits per heavy atom. The summed E-state index contributed by atoms with van der Waals surface area (Å²) in [6.07, 6.45) is 1.60. The van der Waals surface area contributed by atoms with Crippen molar-refractivity contribution in [3.05, 3.63) is 0 Å². The van der Waals surface area contributed by atoms with Crippen molar-refractivity contribution in [2.75, 3.05) is 40.8 Å². The van der Waals surface area contributed by atoms with Crippen LogP contribution in [0.2, 0.25) is 0 Å². The molecular formula is C10H23N3O2. The predicted octanol–water partition coefficient (Wildman–Crippen LogP) is -0.328. The van der Waals surface area contributed by atoms with Crippen LogP contribution in [-0.4, -0.2) is 67.7 Å². The number of hydrogen-bond acceptors (Lipinski definition) is 4. The molecule has 0 saturated carbocycles. The van der Waals surface area contributed by atoms with Crippen LogP contribution in [0, 0.1) is 0 Å². The highest BCUT2D eigenvalue weighted by Crippen LogP contribution is 1.94. The smallest absolute Gasteiger partial charge is 0.320 e. The molecule has 1 unspecified atom stereocenters. The number of carbonyl (C=O) groups is 1. The Morgan fingerprint density at radius 3 is 2.33 bits per heavy atom. The molecule has 0 aliphatic heterocycles. The van der Waals surface area contributed by atoms with E-state index in [2.05, 4.69) is 9.80 Å². The molecule has 0 aliphatic rings. The summed E-state index contributed by atoms with van der Waals surface area (Å²) in [4.78, 5) is 14.7. The predicted molar refractivity (Wildman–Crippen MR) is 60.9 cm³/mol. The molecule has 0 fully saturated rings. The van der Waals surface area contributed by atoms with Gasteiger partial charge in [0, 0.05) is 0 Å². The van der Waals surface area contributed by atoms with Crippen LogP contribution in [0.1, 0.15) is 12.8 Å². The van der Waals surface area contributed by atoms with Gasteiger partial charge in [0.15, 0.2) is 0 Å². The fourth-order valence-corrected chi connectivity index (χ4v) is 1.25. The van der Waals surface area contributed by atoms with Gasteiger partial charge in [-0.3, -0.25) is 4.79 Å². The minimum atomic E-state index is -0.920. The van der Waals surface area contributed by atoms with Gasteiger partial charge in [0.2, 0.25) is 0 Å². The van der Waals surface area contributed by atoms with Gasteiger partial charge in [0.25, 0.3) is 0 Å². The lowest BCUT2D eigenvalue weighted by molar-refractivity contribution is -0.138. The van der Waals surface area contributed by atoms with Crippen LogP contribution < -0.4 is 5.73 Å². The first-order chi connectivity index (χ1) is 6.93. The van der Waals surface area contributed by atoms with Crippen LogP contribution in [-0.2, 0) is 4.79 Å². The van der Waals surface area contributed by atoms with Crippen LogP contribution in [0.15, 0.2) is 0 Å². The molecule has 3 N–H and O–H groups in total. The molecule has 0 spiro atoms. The van der Waals surface area contributed by atoms with E-state index in [1.807, 2.05) is 21.1 Å². The van der Waals surface area contributed by atoms with Gasteiger partial charge in [-0.25, -0.2) is 0 Å². The minimum absolute atomic E-state index is 0.508. The summed E-state index contributed by atoms with van der Waals surface area (Å²) in [7, 11) is 6.07. The van der Waals surface area contributed by atoms with E-state index < -0.39 is 12.0 Å². The van der Waals surface area contributed by atoms with Crippen LogP contribution in [0.4, 0.5) is 0 Å². The Kier molecular flexibility index (Phi) is 7.29. The third-order valence-corrected chi connectivity index (χ3v) is 2.28. The largest absolute Gasteiger partial charge is 0.480 e. The average Bonchev–Trinajstić information content (AvgIpc) is 2.13. The van der Waals surface area contributed by atoms with Crippen molar-refractivity contribution in [3.8, 4) is 0 Å². The van der Waals surface area contributed by atoms with Crippen molar-refractivity contribution in [3.63, 3.8) is 0 Å². The SMILES string of the molecule is CN(C)CCCN(C)CCC(N)C(=O)O. The van der Waals surface area contributed by atoms with Crippen LogP contribution in [0.25, 0.3) is 0 Å². The second-order valence-electron chi connectivity index (χ2n) is 4.19. The van der Waals surface area contributed by atoms with E-state index in [-0.39, 0.29) is 0 Å². The summed E-state index contributed by atoms with van der Waals surface area (Å²) in [6.45, 7) is 2.76. The van der Waals surface area contributed by atoms with Crippen molar-refractivity contribution in [2.45, 2.75) is 18.9 Å². The minimum Gasteiger partial charge on any atom is -0.480 e. The first kappa shape index (κ1) is 14.3. The second kappa shape index (κ2) is 7.62. The Labute approximate surface area is 91.8 Å². The monoisotopic (exact) mass is 217 g/mol. The number of nitrogens with zero attached hydrogens (tertiary/aromatic N) is 2. The highest BCUT2D eigenvalue weighted by Gasteiger charge is 2.11. The molecule has 15 heavy (non-hydrogen) atoms. The number of rotatable bonds is 8. The molecule has 0 rings (SSSR count). The molecule has 0 aromatic heterocycles. The molecule has 0 amide bonds. The number of nitrogens with two attached hydrogens (primary N) is 1. The molecule has 90 valence electrons. The maximum absolute atomic E-state index is 10.5. The Morgan fingerprint density at radius 2 is 1.87 bits per heavy atom. The number of carboxylic acid groups (broad SMARTS) is 1. The van der Waals surface area contributed by atoms with Crippen molar-refractivity contribution < 1.29 is 9.90 Å². The summed E-state index contributed by atoms with van der Waals surface area (Å²) in [5.41, 5.74) is 5.41. The summed E-state index contributed by atoms with van der Waals surface area (Å²) in [5, 5.41) is 8.59. The average molecular weight is 217 g/mol. The fraction of sp³-hybridized carbons (Fsp3) is 0.900. The van der Waals surface area contributed by atoms with Crippen molar-refractivity contribution in [1.29, 1.82) is 0 Å². The molecule has 0 radical (unpaired) electrons. The van der Waals surface area contributed by atoms with Gasteiger partial charge in [-0.2, -0.15) is 0 Å². The zero-order chi connectivity index (χ0) is 11.8. The zero-order valence-electron chi connectivity index (χ0n) is 9.94. The normalized spacial score (nSPS) is 13.5. The van der Waals surface area contributed by atoms with E-state index in [4.69, 9.17) is 10.8 Å². The molecule has 5 nitrogen and oxygen atoms in total. The zero-order valence-corrected chi connectivity index (χ0v) is 9.94. The van der Waals surface area contributed by atoms with Crippen LogP contribution >= 0.6 is 0 Å². The Bertz CT molecular complexity index is 186. The van der Waals surface area contributed by atoms with Crippen molar-refractivity contribution >= 4 is 5.97 Å². The molecule has 0 aromatic carbocycles. The van der Waals surface area contributed by atoms with E-state index in [0.29, 0.717) is 6.42 Å². The molecule has 1 atom stereocenters. The fourth-order valence-electron chi connectivity index (χ4n) is 1.25. The molecule has 0 saturated heterocycles. The molecule has 0 aliphatic carbocycles. The Hall–Kier alpha value is -0.650. The lowest BCUT2D eigenvalue weighted by Crippen LogP contribution is -2.35. The summed E-state index contributed by atoms with van der Waals surface area (Å²) in [6, 6.07) is -0.735. The Balaban J connectivity index is 3.48. The molecule has 0 aromatic rings. The van der Waals surface area contributed by atoms with E-state index in [0.717, 1.165) is 26.1 Å². The first-order valence-electron chi connectivity index (χ1n) is 5.25. The van der Waals surface area contributed by atoms with Gasteiger partial charge in [0.1, 0.15) is 6.04 Å². The highest BCUT2D eigenvalue weighted by atomic mass is 16.4. The van der Waals surface area contributed by atoms with Gasteiger partial charge in [-0.05, 0) is 53.6 Å². The van der Waals surface area contributed by atoms with Gasteiger partial charge in [-0.15, -0.1) is 0 Å². The quantitative estimate of drug-likeness (QED) is 0.583. The van der Waals surface area contributed by atoms with E-state index in [1.165, 1.54) is 0 Å². The second-order valence-corrected chi connectivity index (χ2v) is 4.19. The van der Waals surface area contributed by atoms with E-state index in [9.17, 15) is 4.79 Å². The summed E-state index contributed by atoms with van der Waals surface area (Å²) >= 11 is 0. The van der Waals surface area contributed by atoms with Gasteiger partial charge in [-0.1, -0.05) is 0 Å². The topological polar surface area (TPSA) is 69.8 Å². The van der Waals surface area contributed by atoms with Crippen molar-refractivity contribution in [1.82, 2.24) is 9.80 Å². The highest BCUT2D eigenvalue weighted by molar-refractivity contribution is 5.72. The van der Waals surface area contributed by atoms with Gasteiger partial charge >= 0.3 is 5.97 Å². The third-order valence-electron chi connectivity index (χ3n) is 2.28. The molecule has 0 bridgehead atoms. The van der Waals surface area contributed by atoms with Gasteiger partial charge in [0.05, 0.1) is 0 Å². The molecular weight excluding hydrogens is 194 g/mol. The van der Waals surface area contributed by atoms with Crippen LogP contribution in [0.3, 0.4) is 0 Å². The molecule has 5 heteroatoms. The molecule has 0 heterocycles. The maximum atomic E-state index is 10.5.